The second kappa shape index (κ2) is 24.6. The van der Waals surface area contributed by atoms with Gasteiger partial charge in [-0.05, 0) is 0 Å². The first-order valence-electron chi connectivity index (χ1n) is 10.1. The third-order valence-corrected chi connectivity index (χ3v) is 10.4. The van der Waals surface area contributed by atoms with Crippen molar-refractivity contribution in [2.45, 2.75) is 24.5 Å². The number of nitrogens with two attached hydrogens (primary N) is 1. The number of imidazole rings is 1. The molecule has 262 valence electrons. The van der Waals surface area contributed by atoms with Crippen LogP contribution in [0.15, 0.2) is 12.7 Å². The quantitative estimate of drug-likeness (QED) is 0.127. The maximum Gasteiger partial charge on any atom is 2.00 e. The van der Waals surface area contributed by atoms with Gasteiger partial charge in [0.25, 0.3) is 15.6 Å². The summed E-state index contributed by atoms with van der Waals surface area (Å²) >= 11 is 0. The standard InChI is InChI=1S/C10H13N5O4.5Mg.2H5O10P3/c11-8-5-9(13-2-12-8)15(3-14-5)10-7(18)6(17)4(1-16)19-10;;;;;;2*1-11(2,3)9-13(7,8)10-12(4,5)6/h2-4,6-7,10,16-18H,1H2,(H2,11,12,13);;;;;;2*(H,7,8)(H2,1,2,3)(H2,4,5,6)/q;5*+2;;/p-10/t4-,6-,7-,10-;;;;;;;/m1......./s1. The average molecular weight is 895 g/mol. The fraction of sp³-hybridized carbons (Fsp3) is 0.500. The van der Waals surface area contributed by atoms with Crippen LogP contribution < -0.4 is 54.7 Å². The number of aliphatic hydroxyl groups is 3. The van der Waals surface area contributed by atoms with Gasteiger partial charge in [-0.25, -0.2) is 15.0 Å². The molecule has 5 N–H and O–H groups in total. The van der Waals surface area contributed by atoms with Crippen LogP contribution in [0.3, 0.4) is 0 Å². The minimum atomic E-state index is -5.97. The van der Waals surface area contributed by atoms with Gasteiger partial charge in [0.15, 0.2) is 17.7 Å². The van der Waals surface area contributed by atoms with E-state index in [-0.39, 0.29) is 121 Å². The van der Waals surface area contributed by atoms with E-state index in [0.29, 0.717) is 11.2 Å². The molecule has 1 aliphatic heterocycles. The predicted octanol–water partition coefficient (Wildman–Crippen LogP) is -11.6. The van der Waals surface area contributed by atoms with E-state index in [0.717, 1.165) is 0 Å². The zero-order valence-corrected chi connectivity index (χ0v) is 36.6. The van der Waals surface area contributed by atoms with Crippen LogP contribution in [-0.2, 0) is 49.4 Å². The number of fused-ring (bicyclic) bond motifs is 1. The number of phosphoric acid groups is 6. The normalized spacial score (nSPS) is 19.4. The molecule has 29 nitrogen and oxygen atoms in total. The monoisotopic (exact) mass is 893 g/mol. The molecule has 40 heteroatoms. The summed E-state index contributed by atoms with van der Waals surface area (Å²) in [5, 5.41) is 28.7. The molecule has 1 aliphatic rings. The van der Waals surface area contributed by atoms with E-state index in [4.69, 9.17) is 15.6 Å². The molecular formula is C10H13Mg5N5O24P6. The van der Waals surface area contributed by atoms with Gasteiger partial charge >= 0.3 is 115 Å². The number of hydrogen-bond donors (Lipinski definition) is 4. The molecule has 0 unspecified atom stereocenters. The van der Waals surface area contributed by atoms with Crippen LogP contribution in [0, 0.1) is 0 Å². The predicted molar refractivity (Wildman–Crippen MR) is 141 cm³/mol. The second-order valence-corrected chi connectivity index (χ2v) is 15.3. The number of anilines is 1. The smallest absolute Gasteiger partial charge is 0.790 e. The molecule has 0 aliphatic carbocycles. The van der Waals surface area contributed by atoms with Crippen molar-refractivity contribution < 1.29 is 114 Å². The fourth-order valence-corrected chi connectivity index (χ4v) is 7.38. The first-order valence-corrected chi connectivity index (χ1v) is 18.8. The summed E-state index contributed by atoms with van der Waals surface area (Å²) in [6, 6.07) is 0. The Morgan fingerprint density at radius 2 is 1.04 bits per heavy atom. The molecule has 1 fully saturated rings. The van der Waals surface area contributed by atoms with E-state index < -0.39 is 78.1 Å². The van der Waals surface area contributed by atoms with Gasteiger partial charge in [-0.1, -0.05) is 0 Å². The number of aromatic nitrogens is 4. The number of nitrogens with zero attached hydrogens (tertiary/aromatic N) is 4. The summed E-state index contributed by atoms with van der Waals surface area (Å²) in [5.41, 5.74) is 6.44. The van der Waals surface area contributed by atoms with Crippen LogP contribution in [0.1, 0.15) is 6.23 Å². The van der Waals surface area contributed by atoms with Crippen molar-refractivity contribution in [3.05, 3.63) is 12.7 Å². The molecule has 0 bridgehead atoms. The topological polar surface area (TPSA) is 509 Å². The Labute approximate surface area is 358 Å². The van der Waals surface area contributed by atoms with Gasteiger partial charge in [0.2, 0.25) is 0 Å². The van der Waals surface area contributed by atoms with Crippen LogP contribution >= 0.6 is 46.9 Å². The van der Waals surface area contributed by atoms with Gasteiger partial charge in [-0.2, -0.15) is 0 Å². The van der Waals surface area contributed by atoms with E-state index in [2.05, 4.69) is 32.2 Å². The van der Waals surface area contributed by atoms with Crippen molar-refractivity contribution in [2.75, 3.05) is 12.3 Å². The molecular weight excluding hydrogens is 881 g/mol. The number of hydrogen-bond acceptors (Lipinski definition) is 28. The van der Waals surface area contributed by atoms with E-state index in [1.54, 1.807) is 0 Å². The third-order valence-electron chi connectivity index (χ3n) is 3.98. The Bertz CT molecular complexity index is 1500. The van der Waals surface area contributed by atoms with Gasteiger partial charge in [-0.15, -0.1) is 0 Å². The summed E-state index contributed by atoms with van der Waals surface area (Å²) < 4.78 is 76.2. The molecule has 1 saturated heterocycles. The summed E-state index contributed by atoms with van der Waals surface area (Å²) in [4.78, 5) is 109. The SMILES string of the molecule is Nc1ncnc2c1ncn2[C@@H]1O[C@H](CO)[C@@H](O)[C@H]1O.O=P([O-])([O-])OP(=O)([O-])OP(=O)([O-])[O-].O=P([O-])([O-])OP(=O)([O-])OP(=O)([O-])[O-].[Mg+2].[Mg+2].[Mg+2].[Mg+2].[Mg+2]. The maximum atomic E-state index is 10.1. The van der Waals surface area contributed by atoms with Crippen molar-refractivity contribution >= 4 is 179 Å². The Balaban J connectivity index is -0.000000199. The average Bonchev–Trinajstić information content (AvgIpc) is 3.29. The molecule has 0 amide bonds. The Hall–Kier alpha value is 2.84. The largest absolute Gasteiger partial charge is 2.00 e. The minimum Gasteiger partial charge on any atom is -0.790 e. The molecule has 0 radical (unpaired) electrons. The van der Waals surface area contributed by atoms with Gasteiger partial charge < -0.3 is 93.0 Å². The minimum absolute atomic E-state index is 0. The first-order chi connectivity index (χ1) is 20.0. The molecule has 2 aromatic heterocycles. The molecule has 0 aromatic carbocycles. The zero-order valence-electron chi connectivity index (χ0n) is 24.2. The van der Waals surface area contributed by atoms with Gasteiger partial charge in [0.1, 0.15) is 30.2 Å². The number of nitrogen functional groups attached to an aromatic ring is 1. The Morgan fingerprint density at radius 1 is 0.680 bits per heavy atom. The number of rotatable bonds is 10. The molecule has 3 rings (SSSR count). The van der Waals surface area contributed by atoms with Gasteiger partial charge in [0, 0.05) is 0 Å². The van der Waals surface area contributed by atoms with Crippen molar-refractivity contribution in [1.82, 2.24) is 19.5 Å². The first kappa shape index (κ1) is 62.0. The van der Waals surface area contributed by atoms with Crippen molar-refractivity contribution in [1.29, 1.82) is 0 Å². The zero-order chi connectivity index (χ0) is 35.4. The summed E-state index contributed by atoms with van der Waals surface area (Å²) in [6.07, 6.45) is -1.42. The second-order valence-electron chi connectivity index (χ2n) is 7.32. The van der Waals surface area contributed by atoms with Crippen LogP contribution in [-0.4, -0.2) is 175 Å². The Morgan fingerprint density at radius 3 is 1.34 bits per heavy atom. The van der Waals surface area contributed by atoms with Crippen LogP contribution in [0.25, 0.3) is 11.2 Å². The van der Waals surface area contributed by atoms with Crippen molar-refractivity contribution in [2.24, 2.45) is 0 Å². The van der Waals surface area contributed by atoms with Crippen molar-refractivity contribution in [3.63, 3.8) is 0 Å². The van der Waals surface area contributed by atoms with Gasteiger partial charge in [0.05, 0.1) is 44.2 Å². The number of aliphatic hydroxyl groups excluding tert-OH is 3. The third kappa shape index (κ3) is 24.5. The summed E-state index contributed by atoms with van der Waals surface area (Å²) in [6.45, 7) is -0.390. The molecule has 3 heterocycles. The molecule has 50 heavy (non-hydrogen) atoms. The maximum absolute atomic E-state index is 10.1. The van der Waals surface area contributed by atoms with Gasteiger partial charge in [-0.3, -0.25) is 30.9 Å². The summed E-state index contributed by atoms with van der Waals surface area (Å²) in [7, 11) is -35.8. The van der Waals surface area contributed by atoms with E-state index >= 15 is 0 Å². The molecule has 2 aromatic rings. The molecule has 0 spiro atoms. The van der Waals surface area contributed by atoms with Crippen LogP contribution in [0.2, 0.25) is 0 Å². The number of ether oxygens (including phenoxy) is 1. The molecule has 4 atom stereocenters. The van der Waals surface area contributed by atoms with E-state index in [1.807, 2.05) is 0 Å². The van der Waals surface area contributed by atoms with Crippen molar-refractivity contribution in [3.8, 4) is 0 Å². The van der Waals surface area contributed by atoms with E-state index in [1.165, 1.54) is 17.2 Å². The van der Waals surface area contributed by atoms with E-state index in [9.17, 15) is 86.5 Å². The fourth-order valence-electron chi connectivity index (χ4n) is 2.69. The molecule has 0 saturated carbocycles. The summed E-state index contributed by atoms with van der Waals surface area (Å²) in [5.74, 6) is 0.218. The van der Waals surface area contributed by atoms with Crippen LogP contribution in [0.5, 0.6) is 0 Å². The Kier molecular flexibility index (Phi) is 30.5. The van der Waals surface area contributed by atoms with Crippen LogP contribution in [0.4, 0.5) is 5.82 Å².